The van der Waals surface area contributed by atoms with Crippen molar-refractivity contribution < 1.29 is 42.6 Å². The van der Waals surface area contributed by atoms with Crippen LogP contribution in [0.3, 0.4) is 0 Å². The minimum absolute atomic E-state index is 0.0884. The summed E-state index contributed by atoms with van der Waals surface area (Å²) in [6.45, 7) is 6.89. The second-order valence-electron chi connectivity index (χ2n) is 8.61. The number of nitrogens with zero attached hydrogens (tertiary/aromatic N) is 2. The maximum atomic E-state index is 13.4. The molecule has 0 radical (unpaired) electrons. The molecule has 208 valence electrons. The van der Waals surface area contributed by atoms with Crippen molar-refractivity contribution in [3.05, 3.63) is 58.6 Å². The summed E-state index contributed by atoms with van der Waals surface area (Å²) in [5.74, 6) is -2.63. The zero-order valence-electron chi connectivity index (χ0n) is 21.7. The van der Waals surface area contributed by atoms with Crippen molar-refractivity contribution in [2.75, 3.05) is 18.3 Å². The van der Waals surface area contributed by atoms with Crippen LogP contribution in [0, 0.1) is 0 Å². The van der Waals surface area contributed by atoms with Gasteiger partial charge in [-0.2, -0.15) is 4.98 Å². The molecule has 1 heterocycles. The lowest BCUT2D eigenvalue weighted by atomic mass is 10.1. The molecule has 2 rings (SSSR count). The quantitative estimate of drug-likeness (QED) is 0.276. The van der Waals surface area contributed by atoms with Gasteiger partial charge in [-0.3, -0.25) is 14.2 Å². The Hall–Kier alpha value is -3.22. The van der Waals surface area contributed by atoms with Gasteiger partial charge in [0.25, 0.3) is 5.91 Å². The fourth-order valence-electron chi connectivity index (χ4n) is 3.15. The molecule has 1 amide bonds. The van der Waals surface area contributed by atoms with Crippen LogP contribution >= 0.6 is 7.60 Å². The topological polar surface area (TPSA) is 172 Å². The predicted molar refractivity (Wildman–Crippen MR) is 136 cm³/mol. The molecule has 1 aromatic heterocycles. The lowest BCUT2D eigenvalue weighted by Crippen LogP contribution is -2.47. The molecule has 0 unspecified atom stereocenters. The van der Waals surface area contributed by atoms with Crippen molar-refractivity contribution in [2.24, 2.45) is 0 Å². The number of rotatable bonds is 13. The number of aromatic nitrogens is 2. The highest BCUT2D eigenvalue weighted by Crippen LogP contribution is 2.50. The Balaban J connectivity index is 2.41. The van der Waals surface area contributed by atoms with Gasteiger partial charge in [-0.25, -0.2) is 14.2 Å². The summed E-state index contributed by atoms with van der Waals surface area (Å²) >= 11 is 0. The van der Waals surface area contributed by atoms with Gasteiger partial charge in [0.15, 0.2) is 0 Å². The number of ether oxygens (including phenoxy) is 2. The summed E-state index contributed by atoms with van der Waals surface area (Å²) in [7, 11) is -3.87. The van der Waals surface area contributed by atoms with Crippen molar-refractivity contribution in [1.29, 1.82) is 0 Å². The highest BCUT2D eigenvalue weighted by atomic mass is 31.2. The molecule has 1 aromatic carbocycles. The van der Waals surface area contributed by atoms with E-state index in [-0.39, 0.29) is 11.4 Å². The van der Waals surface area contributed by atoms with Crippen LogP contribution in [0.25, 0.3) is 0 Å². The summed E-state index contributed by atoms with van der Waals surface area (Å²) < 4.78 is 35.5. The maximum Gasteiger partial charge on any atom is 0.356 e. The van der Waals surface area contributed by atoms with Gasteiger partial charge in [-0.05, 0) is 45.9 Å². The van der Waals surface area contributed by atoms with Gasteiger partial charge in [-0.15, -0.1) is 0 Å². The molecule has 0 aliphatic carbocycles. The first-order valence-electron chi connectivity index (χ1n) is 11.7. The lowest BCUT2D eigenvalue weighted by Gasteiger charge is -2.28. The van der Waals surface area contributed by atoms with Gasteiger partial charge in [-0.1, -0.05) is 18.2 Å². The number of esters is 1. The van der Waals surface area contributed by atoms with Crippen LogP contribution in [0.2, 0.25) is 0 Å². The molecule has 0 spiro atoms. The SMILES string of the molecule is CC(=O)Nc1ccn(C(=O)[C@H](OC(=O)c2ccccc2)[C@H](CO)OCP(=O)(OC(C)C)OC(C)C)c(=O)n1. The third-order valence-corrected chi connectivity index (χ3v) is 6.49. The smallest absolute Gasteiger partial charge is 0.356 e. The average molecular weight is 554 g/mol. The van der Waals surface area contributed by atoms with E-state index < -0.39 is 68.4 Å². The molecule has 0 aliphatic rings. The van der Waals surface area contributed by atoms with E-state index in [0.29, 0.717) is 4.57 Å². The number of hydrogen-bond acceptors (Lipinski definition) is 11. The van der Waals surface area contributed by atoms with E-state index in [1.807, 2.05) is 0 Å². The molecule has 0 saturated carbocycles. The summed E-state index contributed by atoms with van der Waals surface area (Å²) in [4.78, 5) is 53.6. The summed E-state index contributed by atoms with van der Waals surface area (Å²) in [6, 6.07) is 8.89. The number of carbonyl (C=O) groups excluding carboxylic acids is 3. The number of aliphatic hydroxyl groups excluding tert-OH is 1. The zero-order valence-corrected chi connectivity index (χ0v) is 22.6. The van der Waals surface area contributed by atoms with Crippen LogP contribution in [0.1, 0.15) is 49.8 Å². The van der Waals surface area contributed by atoms with Gasteiger partial charge in [0, 0.05) is 13.1 Å². The molecule has 0 saturated heterocycles. The Kier molecular flexibility index (Phi) is 11.5. The van der Waals surface area contributed by atoms with Crippen LogP contribution in [0.4, 0.5) is 5.82 Å². The molecule has 0 bridgehead atoms. The van der Waals surface area contributed by atoms with E-state index in [4.69, 9.17) is 18.5 Å². The number of nitrogens with one attached hydrogen (secondary N) is 1. The monoisotopic (exact) mass is 553 g/mol. The lowest BCUT2D eigenvalue weighted by molar-refractivity contribution is -0.114. The average Bonchev–Trinajstić information content (AvgIpc) is 2.82. The molecule has 0 aliphatic heterocycles. The second kappa shape index (κ2) is 14.1. The first-order valence-corrected chi connectivity index (χ1v) is 13.4. The van der Waals surface area contributed by atoms with E-state index in [1.54, 1.807) is 45.9 Å². The normalized spacial score (nSPS) is 13.3. The highest BCUT2D eigenvalue weighted by molar-refractivity contribution is 7.53. The fourth-order valence-corrected chi connectivity index (χ4v) is 4.98. The van der Waals surface area contributed by atoms with Crippen molar-refractivity contribution in [2.45, 2.75) is 59.0 Å². The summed E-state index contributed by atoms with van der Waals surface area (Å²) in [5.41, 5.74) is -0.999. The third-order valence-electron chi connectivity index (χ3n) is 4.54. The number of benzene rings is 1. The zero-order chi connectivity index (χ0) is 28.5. The van der Waals surface area contributed by atoms with Gasteiger partial charge in [0.1, 0.15) is 18.3 Å². The van der Waals surface area contributed by atoms with E-state index >= 15 is 0 Å². The van der Waals surface area contributed by atoms with Crippen LogP contribution in [0.15, 0.2) is 47.4 Å². The van der Waals surface area contributed by atoms with Gasteiger partial charge in [0.2, 0.25) is 12.0 Å². The predicted octanol–water partition coefficient (Wildman–Crippen LogP) is 2.45. The van der Waals surface area contributed by atoms with Crippen molar-refractivity contribution in [3.8, 4) is 0 Å². The Morgan fingerprint density at radius 2 is 1.66 bits per heavy atom. The largest absolute Gasteiger partial charge is 0.446 e. The van der Waals surface area contributed by atoms with Crippen LogP contribution in [-0.4, -0.2) is 69.8 Å². The second-order valence-corrected chi connectivity index (χ2v) is 10.5. The van der Waals surface area contributed by atoms with Crippen LogP contribution in [0.5, 0.6) is 0 Å². The van der Waals surface area contributed by atoms with Crippen molar-refractivity contribution in [1.82, 2.24) is 9.55 Å². The number of anilines is 1. The van der Waals surface area contributed by atoms with E-state index in [1.165, 1.54) is 25.1 Å². The Morgan fingerprint density at radius 1 is 1.05 bits per heavy atom. The maximum absolute atomic E-state index is 13.4. The first kappa shape index (κ1) is 31.0. The van der Waals surface area contributed by atoms with Gasteiger partial charge < -0.3 is 28.9 Å². The molecule has 0 fully saturated rings. The van der Waals surface area contributed by atoms with Crippen LogP contribution in [-0.2, 0) is 27.9 Å². The molecule has 38 heavy (non-hydrogen) atoms. The number of hydrogen-bond donors (Lipinski definition) is 2. The van der Waals surface area contributed by atoms with Crippen molar-refractivity contribution in [3.63, 3.8) is 0 Å². The van der Waals surface area contributed by atoms with E-state index in [9.17, 15) is 28.8 Å². The summed E-state index contributed by atoms with van der Waals surface area (Å²) in [6.07, 6.45) is -4.11. The number of amides is 1. The fraction of sp³-hybridized carbons (Fsp3) is 0.458. The highest BCUT2D eigenvalue weighted by Gasteiger charge is 2.38. The Labute approximate surface area is 219 Å². The third kappa shape index (κ3) is 9.26. The first-order chi connectivity index (χ1) is 17.8. The van der Waals surface area contributed by atoms with E-state index in [2.05, 4.69) is 10.3 Å². The number of carbonyl (C=O) groups is 3. The number of aliphatic hydroxyl groups is 1. The summed E-state index contributed by atoms with van der Waals surface area (Å²) in [5, 5.41) is 12.4. The van der Waals surface area contributed by atoms with Gasteiger partial charge >= 0.3 is 19.3 Å². The standard InChI is InChI=1S/C24H32N3O10P/c1-15(2)36-38(33,37-16(3)4)14-34-19(13-28)21(35-23(31)18-9-7-6-8-10-18)22(30)27-12-11-20(25-17(5)29)26-24(27)32/h6-12,15-16,19,21,28H,13-14H2,1-5H3,(H,25,26,29,32)/t19-,21+/m0/s1. The van der Waals surface area contributed by atoms with Crippen LogP contribution < -0.4 is 11.0 Å². The molecule has 14 heteroatoms. The molecule has 2 aromatic rings. The molecule has 2 N–H and O–H groups in total. The Bertz CT molecular complexity index is 1200. The minimum atomic E-state index is -3.87. The molecule has 13 nitrogen and oxygen atoms in total. The molecular weight excluding hydrogens is 521 g/mol. The Morgan fingerprint density at radius 3 is 2.16 bits per heavy atom. The van der Waals surface area contributed by atoms with Crippen molar-refractivity contribution >= 4 is 31.2 Å². The van der Waals surface area contributed by atoms with Gasteiger partial charge in [0.05, 0.1) is 24.4 Å². The molecular formula is C24H32N3O10P. The molecule has 2 atom stereocenters. The van der Waals surface area contributed by atoms with E-state index in [0.717, 1.165) is 6.20 Å². The minimum Gasteiger partial charge on any atom is -0.446 e.